The van der Waals surface area contributed by atoms with Crippen molar-refractivity contribution in [2.75, 3.05) is 6.61 Å². The molecular weight excluding hydrogens is 371 g/mol. The summed E-state index contributed by atoms with van der Waals surface area (Å²) in [4.78, 5) is 16.0. The second-order valence-corrected chi connectivity index (χ2v) is 6.62. The highest BCUT2D eigenvalue weighted by atomic mass is 35.5. The summed E-state index contributed by atoms with van der Waals surface area (Å²) >= 11 is 12.9. The van der Waals surface area contributed by atoms with Gasteiger partial charge >= 0.3 is 5.30 Å². The lowest BCUT2D eigenvalue weighted by atomic mass is 10.1. The maximum absolute atomic E-state index is 12.0. The zero-order valence-corrected chi connectivity index (χ0v) is 15.5. The molecule has 1 aromatic heterocycles. The molecule has 0 spiro atoms. The summed E-state index contributed by atoms with van der Waals surface area (Å²) in [6.45, 7) is 2.95. The van der Waals surface area contributed by atoms with Gasteiger partial charge in [-0.2, -0.15) is 0 Å². The van der Waals surface area contributed by atoms with Gasteiger partial charge in [-0.3, -0.25) is 0 Å². The van der Waals surface area contributed by atoms with Gasteiger partial charge in [0.05, 0.1) is 19.5 Å². The predicted octanol–water partition coefficient (Wildman–Crippen LogP) is 5.53. The molecule has 0 aliphatic heterocycles. The maximum atomic E-state index is 12.0. The standard InChI is InChI=1S/C16H18Cl2N2O3S/c1-2-3-8-22-24-16(21)23-15(10-20-7-6-19-11-20)13-5-4-12(17)9-14(13)18/h4-7,9,11,15H,2-3,8,10H2,1H3. The number of carbonyl (C=O) groups excluding carboxylic acids is 1. The average Bonchev–Trinajstić information content (AvgIpc) is 3.04. The fourth-order valence-corrected chi connectivity index (χ4v) is 2.96. The topological polar surface area (TPSA) is 53.4 Å². The summed E-state index contributed by atoms with van der Waals surface area (Å²) in [6, 6.07) is 5.09. The molecule has 24 heavy (non-hydrogen) atoms. The minimum absolute atomic E-state index is 0.391. The smallest absolute Gasteiger partial charge is 0.395 e. The van der Waals surface area contributed by atoms with Gasteiger partial charge in [0.2, 0.25) is 0 Å². The number of ether oxygens (including phenoxy) is 1. The van der Waals surface area contributed by atoms with E-state index in [2.05, 4.69) is 11.9 Å². The molecule has 0 saturated heterocycles. The van der Waals surface area contributed by atoms with Crippen LogP contribution in [0, 0.1) is 0 Å². The lowest BCUT2D eigenvalue weighted by molar-refractivity contribution is 0.109. The van der Waals surface area contributed by atoms with Crippen LogP contribution in [0.3, 0.4) is 0 Å². The molecule has 130 valence electrons. The van der Waals surface area contributed by atoms with Gasteiger partial charge in [-0.05, 0) is 18.6 Å². The number of imidazole rings is 1. The number of hydrogen-bond acceptors (Lipinski definition) is 5. The van der Waals surface area contributed by atoms with Crippen LogP contribution in [0.15, 0.2) is 36.9 Å². The van der Waals surface area contributed by atoms with Crippen LogP contribution in [-0.2, 0) is 15.5 Å². The third kappa shape index (κ3) is 6.02. The van der Waals surface area contributed by atoms with E-state index in [4.69, 9.17) is 32.1 Å². The zero-order valence-electron chi connectivity index (χ0n) is 13.2. The Kier molecular flexibility index (Phi) is 7.91. The first kappa shape index (κ1) is 19.1. The summed E-state index contributed by atoms with van der Waals surface area (Å²) in [5, 5.41) is 0.452. The van der Waals surface area contributed by atoms with E-state index in [0.717, 1.165) is 12.8 Å². The van der Waals surface area contributed by atoms with Gasteiger partial charge < -0.3 is 13.5 Å². The minimum Gasteiger partial charge on any atom is -0.446 e. The van der Waals surface area contributed by atoms with E-state index in [9.17, 15) is 4.79 Å². The van der Waals surface area contributed by atoms with Gasteiger partial charge in [-0.15, -0.1) is 0 Å². The van der Waals surface area contributed by atoms with Crippen LogP contribution in [0.1, 0.15) is 31.4 Å². The normalized spacial score (nSPS) is 12.1. The number of rotatable bonds is 8. The molecule has 2 aromatic rings. The van der Waals surface area contributed by atoms with Crippen molar-refractivity contribution in [3.63, 3.8) is 0 Å². The molecule has 0 aliphatic carbocycles. The number of aromatic nitrogens is 2. The number of unbranched alkanes of at least 4 members (excludes halogenated alkanes) is 1. The molecule has 1 atom stereocenters. The Balaban J connectivity index is 2.06. The van der Waals surface area contributed by atoms with Crippen LogP contribution in [0.25, 0.3) is 0 Å². The molecule has 5 nitrogen and oxygen atoms in total. The van der Waals surface area contributed by atoms with Crippen molar-refractivity contribution in [2.24, 2.45) is 0 Å². The van der Waals surface area contributed by atoms with Crippen LogP contribution in [0.2, 0.25) is 10.0 Å². The lowest BCUT2D eigenvalue weighted by Crippen LogP contribution is -2.15. The molecule has 8 heteroatoms. The third-order valence-electron chi connectivity index (χ3n) is 3.19. The number of benzene rings is 1. The summed E-state index contributed by atoms with van der Waals surface area (Å²) in [5.41, 5.74) is 0.678. The van der Waals surface area contributed by atoms with Crippen molar-refractivity contribution in [1.82, 2.24) is 9.55 Å². The molecule has 0 amide bonds. The molecular formula is C16H18Cl2N2O3S. The van der Waals surface area contributed by atoms with Gasteiger partial charge in [0, 0.05) is 28.0 Å². The third-order valence-corrected chi connectivity index (χ3v) is 4.27. The first-order chi connectivity index (χ1) is 11.6. The van der Waals surface area contributed by atoms with Crippen molar-refractivity contribution in [3.05, 3.63) is 52.5 Å². The second-order valence-electron chi connectivity index (χ2n) is 5.04. The van der Waals surface area contributed by atoms with Gasteiger partial charge in [0.15, 0.2) is 0 Å². The molecule has 0 N–H and O–H groups in total. The van der Waals surface area contributed by atoms with E-state index in [1.54, 1.807) is 36.9 Å². The van der Waals surface area contributed by atoms with Crippen LogP contribution >= 0.6 is 35.2 Å². The summed E-state index contributed by atoms with van der Waals surface area (Å²) < 4.78 is 12.6. The summed E-state index contributed by atoms with van der Waals surface area (Å²) in [5.74, 6) is 0. The summed E-state index contributed by atoms with van der Waals surface area (Å²) in [7, 11) is 0. The lowest BCUT2D eigenvalue weighted by Gasteiger charge is -2.19. The van der Waals surface area contributed by atoms with E-state index < -0.39 is 11.4 Å². The van der Waals surface area contributed by atoms with E-state index in [1.165, 1.54) is 0 Å². The quantitative estimate of drug-likeness (QED) is 0.337. The second kappa shape index (κ2) is 9.93. The van der Waals surface area contributed by atoms with Crippen molar-refractivity contribution >= 4 is 40.5 Å². The largest absolute Gasteiger partial charge is 0.446 e. The van der Waals surface area contributed by atoms with E-state index in [-0.39, 0.29) is 0 Å². The Morgan fingerprint density at radius 1 is 1.42 bits per heavy atom. The van der Waals surface area contributed by atoms with Gasteiger partial charge in [-0.25, -0.2) is 9.78 Å². The van der Waals surface area contributed by atoms with Crippen LogP contribution in [0.4, 0.5) is 4.79 Å². The maximum Gasteiger partial charge on any atom is 0.395 e. The molecule has 0 radical (unpaired) electrons. The molecule has 1 unspecified atom stereocenters. The number of nitrogens with zero attached hydrogens (tertiary/aromatic N) is 2. The van der Waals surface area contributed by atoms with Crippen LogP contribution in [0.5, 0.6) is 0 Å². The van der Waals surface area contributed by atoms with Crippen molar-refractivity contribution in [2.45, 2.75) is 32.4 Å². The average molecular weight is 389 g/mol. The van der Waals surface area contributed by atoms with Gasteiger partial charge in [0.25, 0.3) is 0 Å². The molecule has 0 bridgehead atoms. The monoisotopic (exact) mass is 388 g/mol. The highest BCUT2D eigenvalue weighted by Gasteiger charge is 2.21. The number of halogens is 2. The molecule has 1 heterocycles. The Morgan fingerprint density at radius 3 is 2.92 bits per heavy atom. The Bertz CT molecular complexity index is 653. The highest BCUT2D eigenvalue weighted by molar-refractivity contribution is 8.09. The predicted molar refractivity (Wildman–Crippen MR) is 96.4 cm³/mol. The van der Waals surface area contributed by atoms with Crippen molar-refractivity contribution < 1.29 is 13.7 Å². The van der Waals surface area contributed by atoms with Crippen LogP contribution < -0.4 is 0 Å². The van der Waals surface area contributed by atoms with E-state index in [0.29, 0.717) is 40.8 Å². The Hall–Kier alpha value is -1.21. The fraction of sp³-hybridized carbons (Fsp3) is 0.375. The zero-order chi connectivity index (χ0) is 17.4. The molecule has 0 fully saturated rings. The van der Waals surface area contributed by atoms with E-state index in [1.807, 2.05) is 4.57 Å². The first-order valence-corrected chi connectivity index (χ1v) is 9.00. The minimum atomic E-state index is -0.571. The van der Waals surface area contributed by atoms with Gasteiger partial charge in [0.1, 0.15) is 18.1 Å². The Labute approximate surface area is 155 Å². The van der Waals surface area contributed by atoms with Crippen LogP contribution in [-0.4, -0.2) is 21.5 Å². The number of hydrogen-bond donors (Lipinski definition) is 0. The van der Waals surface area contributed by atoms with Crippen molar-refractivity contribution in [1.29, 1.82) is 0 Å². The SMILES string of the molecule is CCCCOSC(=O)OC(Cn1ccnc1)c1ccc(Cl)cc1Cl. The molecule has 0 saturated carbocycles. The van der Waals surface area contributed by atoms with Gasteiger partial charge in [-0.1, -0.05) is 42.6 Å². The van der Waals surface area contributed by atoms with E-state index >= 15 is 0 Å². The molecule has 0 aliphatic rings. The molecule has 1 aromatic carbocycles. The molecule has 2 rings (SSSR count). The summed E-state index contributed by atoms with van der Waals surface area (Å²) in [6.07, 6.45) is 6.41. The number of carbonyl (C=O) groups is 1. The highest BCUT2D eigenvalue weighted by Crippen LogP contribution is 2.31. The first-order valence-electron chi connectivity index (χ1n) is 7.51. The fourth-order valence-electron chi connectivity index (χ4n) is 1.98. The van der Waals surface area contributed by atoms with Crippen molar-refractivity contribution in [3.8, 4) is 0 Å². The Morgan fingerprint density at radius 2 is 2.25 bits per heavy atom.